The monoisotopic (exact) mass is 982 g/mol. The molecule has 0 aliphatic rings. The van der Waals surface area contributed by atoms with E-state index in [9.17, 15) is 80.5 Å². The van der Waals surface area contributed by atoms with E-state index in [-0.39, 0.29) is 52.6 Å². The molecular weight excluding hydrogens is 924 g/mol. The predicted molar refractivity (Wildman–Crippen MR) is 182 cm³/mol. The Bertz CT molecular complexity index is 957. The Morgan fingerprint density at radius 3 is 0.557 bits per heavy atom. The molecule has 0 aromatic carbocycles. The van der Waals surface area contributed by atoms with Gasteiger partial charge in [0.2, 0.25) is 0 Å². The molecule has 0 rings (SSSR count). The molecule has 16 N–H and O–H groups in total. The molecule has 0 radical (unpaired) electrons. The zero-order valence-corrected chi connectivity index (χ0v) is 35.9. The SMILES string of the molecule is CCOC(C(=O)[O-])C(O)C(O)C(O)CO.CCOC(C(=O)[O-])C(O)C(O)C(O)CO.CCOC(C(=O)[O-])C(O)C(O)C(O)CO.CCOC(C(=O)[O-])C(O)C(O)C(O)CO.[Zr+4]. The number of carbonyl (C=O) groups is 4. The van der Waals surface area contributed by atoms with Gasteiger partial charge in [0.1, 0.15) is 97.7 Å². The van der Waals surface area contributed by atoms with E-state index >= 15 is 0 Å². The Morgan fingerprint density at radius 2 is 0.475 bits per heavy atom. The van der Waals surface area contributed by atoms with E-state index in [0.717, 1.165) is 0 Å². The van der Waals surface area contributed by atoms with Crippen molar-refractivity contribution in [1.82, 2.24) is 0 Å². The fraction of sp³-hybridized carbons (Fsp3) is 0.875. The van der Waals surface area contributed by atoms with Crippen molar-refractivity contribution >= 4 is 23.9 Å². The van der Waals surface area contributed by atoms with Crippen molar-refractivity contribution in [2.45, 2.75) is 125 Å². The third-order valence-electron chi connectivity index (χ3n) is 7.28. The zero-order valence-electron chi connectivity index (χ0n) is 33.4. The number of rotatable bonds is 28. The summed E-state index contributed by atoms with van der Waals surface area (Å²) in [6.45, 7) is 2.77. The Balaban J connectivity index is -0.000000227. The second-order valence-electron chi connectivity index (χ2n) is 11.7. The maximum absolute atomic E-state index is 10.5. The molecule has 61 heavy (non-hydrogen) atoms. The summed E-state index contributed by atoms with van der Waals surface area (Å²) in [4.78, 5) is 42.0. The summed E-state index contributed by atoms with van der Waals surface area (Å²) in [5.74, 6) is -6.80. The molecule has 0 aliphatic heterocycles. The van der Waals surface area contributed by atoms with Crippen LogP contribution in [0.3, 0.4) is 0 Å². The van der Waals surface area contributed by atoms with Crippen LogP contribution in [0.15, 0.2) is 0 Å². The van der Waals surface area contributed by atoms with Crippen LogP contribution in [0.2, 0.25) is 0 Å². The van der Waals surface area contributed by atoms with E-state index in [1.165, 1.54) is 27.7 Å². The van der Waals surface area contributed by atoms with Gasteiger partial charge in [-0.25, -0.2) is 0 Å². The molecule has 0 aromatic rings. The second-order valence-corrected chi connectivity index (χ2v) is 11.7. The largest absolute Gasteiger partial charge is 4.00 e. The third kappa shape index (κ3) is 27.0. The fourth-order valence-corrected chi connectivity index (χ4v) is 4.00. The molecule has 0 amide bonds. The molecule has 0 bridgehead atoms. The van der Waals surface area contributed by atoms with Gasteiger partial charge in [-0.1, -0.05) is 0 Å². The number of hydrogen-bond donors (Lipinski definition) is 16. The number of carbonyl (C=O) groups excluding carboxylic acids is 4. The van der Waals surface area contributed by atoms with Gasteiger partial charge in [0.15, 0.2) is 0 Å². The minimum absolute atomic E-state index is 0. The topological polar surface area (TPSA) is 521 Å². The smallest absolute Gasteiger partial charge is 0.547 e. The number of carboxylic acid groups (broad SMARTS) is 4. The summed E-state index contributed by atoms with van der Waals surface area (Å²) < 4.78 is 18.5. The van der Waals surface area contributed by atoms with Gasteiger partial charge < -0.3 is 140 Å². The first-order valence-corrected chi connectivity index (χ1v) is 17.7. The van der Waals surface area contributed by atoms with Crippen LogP contribution >= 0.6 is 0 Å². The fourth-order valence-electron chi connectivity index (χ4n) is 4.00. The molecule has 16 unspecified atom stereocenters. The van der Waals surface area contributed by atoms with E-state index in [4.69, 9.17) is 40.9 Å². The minimum Gasteiger partial charge on any atom is -0.547 e. The van der Waals surface area contributed by atoms with Crippen molar-refractivity contribution in [2.75, 3.05) is 52.9 Å². The molecule has 0 aromatic heterocycles. The maximum Gasteiger partial charge on any atom is 4.00 e. The normalized spacial score (nSPS) is 19.0. The van der Waals surface area contributed by atoms with Crippen molar-refractivity contribution in [1.29, 1.82) is 0 Å². The van der Waals surface area contributed by atoms with E-state index in [1.807, 2.05) is 0 Å². The van der Waals surface area contributed by atoms with E-state index < -0.39 is 148 Å². The molecule has 0 saturated carbocycles. The number of aliphatic hydroxyl groups excluding tert-OH is 16. The van der Waals surface area contributed by atoms with Gasteiger partial charge >= 0.3 is 26.2 Å². The molecule has 0 aliphatic carbocycles. The average molecular weight is 984 g/mol. The number of carboxylic acids is 4. The summed E-state index contributed by atoms with van der Waals surface area (Å²) >= 11 is 0. The van der Waals surface area contributed by atoms with Crippen LogP contribution in [0.4, 0.5) is 0 Å². The number of aliphatic carboxylic acids is 4. The summed E-state index contributed by atoms with van der Waals surface area (Å²) in [7, 11) is 0. The van der Waals surface area contributed by atoms with Crippen LogP contribution in [0.5, 0.6) is 0 Å². The Hall–Kier alpha value is -2.04. The molecule has 28 nitrogen and oxygen atoms in total. The quantitative estimate of drug-likeness (QED) is 0.0346. The van der Waals surface area contributed by atoms with Crippen molar-refractivity contribution in [3.63, 3.8) is 0 Å². The van der Waals surface area contributed by atoms with Crippen molar-refractivity contribution in [3.05, 3.63) is 0 Å². The standard InChI is InChI=1S/4C8H16O7.Zr/c4*1-2-15-7(8(13)14)6(12)5(11)4(10)3-9;/h4*4-7,9-12H,2-3H2,1H3,(H,13,14);/q;;;;+4/p-4. The van der Waals surface area contributed by atoms with Crippen molar-refractivity contribution in [2.24, 2.45) is 0 Å². The molecule has 0 spiro atoms. The summed E-state index contributed by atoms with van der Waals surface area (Å²) in [6.07, 6.45) is -28.2. The van der Waals surface area contributed by atoms with Crippen LogP contribution in [-0.4, -0.2) is 256 Å². The van der Waals surface area contributed by atoms with Crippen molar-refractivity contribution < 1.29 is 166 Å². The first-order valence-electron chi connectivity index (χ1n) is 17.7. The van der Waals surface area contributed by atoms with Gasteiger partial charge in [-0.15, -0.1) is 0 Å². The average Bonchev–Trinajstić information content (AvgIpc) is 3.22. The van der Waals surface area contributed by atoms with Crippen LogP contribution in [-0.2, 0) is 64.3 Å². The van der Waals surface area contributed by atoms with Gasteiger partial charge in [-0.3, -0.25) is 0 Å². The van der Waals surface area contributed by atoms with Crippen LogP contribution in [0.1, 0.15) is 27.7 Å². The summed E-state index contributed by atoms with van der Waals surface area (Å²) in [6, 6.07) is 0. The van der Waals surface area contributed by atoms with Gasteiger partial charge in [-0.2, -0.15) is 0 Å². The van der Waals surface area contributed by atoms with E-state index in [2.05, 4.69) is 18.9 Å². The molecular formula is C32H60O28Zr. The summed E-state index contributed by atoms with van der Waals surface area (Å²) in [5.41, 5.74) is 0. The molecule has 360 valence electrons. The molecule has 0 fully saturated rings. The Morgan fingerprint density at radius 1 is 0.344 bits per heavy atom. The number of ether oxygens (including phenoxy) is 4. The predicted octanol–water partition coefficient (Wildman–Crippen LogP) is -15.1. The second kappa shape index (κ2) is 38.4. The summed E-state index contributed by atoms with van der Waals surface area (Å²) in [5, 5.41) is 186. The number of aliphatic hydroxyl groups is 16. The third-order valence-corrected chi connectivity index (χ3v) is 7.28. The molecule has 0 heterocycles. The zero-order chi connectivity index (χ0) is 48.0. The Kier molecular flexibility index (Phi) is 42.9. The first-order chi connectivity index (χ1) is 27.8. The van der Waals surface area contributed by atoms with E-state index in [0.29, 0.717) is 0 Å². The van der Waals surface area contributed by atoms with Gasteiger partial charge in [0.05, 0.1) is 50.3 Å². The Labute approximate surface area is 367 Å². The molecule has 16 atom stereocenters. The van der Waals surface area contributed by atoms with Gasteiger partial charge in [-0.05, 0) is 27.7 Å². The molecule has 29 heteroatoms. The number of hydrogen-bond acceptors (Lipinski definition) is 28. The van der Waals surface area contributed by atoms with Gasteiger partial charge in [0, 0.05) is 26.4 Å². The van der Waals surface area contributed by atoms with Crippen molar-refractivity contribution in [3.8, 4) is 0 Å². The van der Waals surface area contributed by atoms with E-state index in [1.54, 1.807) is 0 Å². The molecule has 0 saturated heterocycles. The maximum atomic E-state index is 10.5. The van der Waals surface area contributed by atoms with Crippen LogP contribution < -0.4 is 20.4 Å². The van der Waals surface area contributed by atoms with Crippen LogP contribution in [0.25, 0.3) is 0 Å². The van der Waals surface area contributed by atoms with Crippen LogP contribution in [0, 0.1) is 0 Å². The minimum atomic E-state index is -1.86. The van der Waals surface area contributed by atoms with Gasteiger partial charge in [0.25, 0.3) is 0 Å². The first kappa shape index (κ1) is 68.0.